The minimum absolute atomic E-state index is 0.473. The van der Waals surface area contributed by atoms with E-state index in [0.29, 0.717) is 5.54 Å². The number of nitrogens with zero attached hydrogens (tertiary/aromatic N) is 1. The van der Waals surface area contributed by atoms with Crippen LogP contribution in [0.25, 0.3) is 0 Å². The molecular weight excluding hydrogens is 232 g/mol. The number of nitrogens with one attached hydrogen (secondary N) is 1. The topological polar surface area (TPSA) is 15.3 Å². The maximum absolute atomic E-state index is 3.80. The van der Waals surface area contributed by atoms with Gasteiger partial charge < -0.3 is 5.32 Å². The van der Waals surface area contributed by atoms with Crippen molar-refractivity contribution >= 4 is 0 Å². The van der Waals surface area contributed by atoms with Crippen molar-refractivity contribution in [2.45, 2.75) is 90.3 Å². The Morgan fingerprint density at radius 2 is 1.89 bits per heavy atom. The fourth-order valence-electron chi connectivity index (χ4n) is 4.19. The van der Waals surface area contributed by atoms with Crippen molar-refractivity contribution in [2.75, 3.05) is 13.1 Å². The van der Waals surface area contributed by atoms with E-state index in [1.54, 1.807) is 0 Å². The average molecular weight is 266 g/mol. The summed E-state index contributed by atoms with van der Waals surface area (Å²) in [6, 6.07) is 1.45. The first-order valence-corrected chi connectivity index (χ1v) is 8.57. The van der Waals surface area contributed by atoms with Crippen molar-refractivity contribution in [1.29, 1.82) is 0 Å². The number of hydrogen-bond acceptors (Lipinski definition) is 2. The van der Waals surface area contributed by atoms with Crippen LogP contribution in [0.4, 0.5) is 0 Å². The van der Waals surface area contributed by atoms with Gasteiger partial charge in [-0.1, -0.05) is 46.5 Å². The van der Waals surface area contributed by atoms with Gasteiger partial charge in [0.2, 0.25) is 0 Å². The third-order valence-electron chi connectivity index (χ3n) is 5.46. The lowest BCUT2D eigenvalue weighted by atomic mass is 9.79. The summed E-state index contributed by atoms with van der Waals surface area (Å²) in [6.07, 6.45) is 9.77. The fourth-order valence-corrected chi connectivity index (χ4v) is 4.19. The Morgan fingerprint density at radius 1 is 1.21 bits per heavy atom. The molecule has 1 saturated carbocycles. The molecule has 2 unspecified atom stereocenters. The van der Waals surface area contributed by atoms with Crippen molar-refractivity contribution in [3.63, 3.8) is 0 Å². The minimum atomic E-state index is 0.473. The van der Waals surface area contributed by atoms with E-state index in [9.17, 15) is 0 Å². The van der Waals surface area contributed by atoms with Crippen molar-refractivity contribution in [2.24, 2.45) is 5.92 Å². The summed E-state index contributed by atoms with van der Waals surface area (Å²) in [6.45, 7) is 12.1. The van der Waals surface area contributed by atoms with Crippen molar-refractivity contribution in [3.8, 4) is 0 Å². The second kappa shape index (κ2) is 6.58. The molecule has 19 heavy (non-hydrogen) atoms. The van der Waals surface area contributed by atoms with Gasteiger partial charge in [0.25, 0.3) is 0 Å². The summed E-state index contributed by atoms with van der Waals surface area (Å²) in [5.74, 6) is 0.758. The lowest BCUT2D eigenvalue weighted by molar-refractivity contribution is -0.0207. The van der Waals surface area contributed by atoms with Crippen molar-refractivity contribution in [1.82, 2.24) is 10.2 Å². The molecule has 2 rings (SSSR count). The van der Waals surface area contributed by atoms with Crippen molar-refractivity contribution in [3.05, 3.63) is 0 Å². The lowest BCUT2D eigenvalue weighted by Crippen LogP contribution is -2.65. The smallest absolute Gasteiger partial charge is 0.0249 e. The first kappa shape index (κ1) is 15.3. The standard InChI is InChI=1S/C17H34N2/c1-5-9-15-13-19(16(12-18-15)14(2)3)17(4)10-7-6-8-11-17/h14-16,18H,5-13H2,1-4H3. The van der Waals surface area contributed by atoms with E-state index in [1.165, 1.54) is 58.0 Å². The summed E-state index contributed by atoms with van der Waals surface area (Å²) in [7, 11) is 0. The van der Waals surface area contributed by atoms with Gasteiger partial charge in [0.1, 0.15) is 0 Å². The van der Waals surface area contributed by atoms with Crippen LogP contribution in [-0.4, -0.2) is 35.6 Å². The summed E-state index contributed by atoms with van der Waals surface area (Å²) >= 11 is 0. The molecule has 1 saturated heterocycles. The molecule has 1 N–H and O–H groups in total. The first-order chi connectivity index (χ1) is 9.07. The highest BCUT2D eigenvalue weighted by Gasteiger charge is 2.41. The Morgan fingerprint density at radius 3 is 2.47 bits per heavy atom. The molecule has 1 aliphatic heterocycles. The van der Waals surface area contributed by atoms with Gasteiger partial charge in [0.05, 0.1) is 0 Å². The van der Waals surface area contributed by atoms with Gasteiger partial charge in [-0.2, -0.15) is 0 Å². The third-order valence-corrected chi connectivity index (χ3v) is 5.46. The van der Waals surface area contributed by atoms with E-state index in [1.807, 2.05) is 0 Å². The molecule has 0 spiro atoms. The predicted octanol–water partition coefficient (Wildman–Crippen LogP) is 3.81. The van der Waals surface area contributed by atoms with Crippen LogP contribution in [0.5, 0.6) is 0 Å². The van der Waals surface area contributed by atoms with E-state index in [0.717, 1.165) is 18.0 Å². The zero-order valence-corrected chi connectivity index (χ0v) is 13.5. The first-order valence-electron chi connectivity index (χ1n) is 8.57. The van der Waals surface area contributed by atoms with Crippen LogP contribution >= 0.6 is 0 Å². The third kappa shape index (κ3) is 3.52. The summed E-state index contributed by atoms with van der Waals surface area (Å²) < 4.78 is 0. The monoisotopic (exact) mass is 266 g/mol. The highest BCUT2D eigenvalue weighted by molar-refractivity contribution is 4.98. The molecule has 2 atom stereocenters. The molecule has 0 aromatic heterocycles. The van der Waals surface area contributed by atoms with Gasteiger partial charge >= 0.3 is 0 Å². The van der Waals surface area contributed by atoms with Gasteiger partial charge in [-0.25, -0.2) is 0 Å². The molecule has 2 fully saturated rings. The highest BCUT2D eigenvalue weighted by atomic mass is 15.3. The van der Waals surface area contributed by atoms with Gasteiger partial charge in [-0.05, 0) is 32.1 Å². The highest BCUT2D eigenvalue weighted by Crippen LogP contribution is 2.37. The maximum atomic E-state index is 3.80. The fraction of sp³-hybridized carbons (Fsp3) is 1.00. The van der Waals surface area contributed by atoms with E-state index >= 15 is 0 Å². The Balaban J connectivity index is 2.10. The van der Waals surface area contributed by atoms with E-state index in [2.05, 4.69) is 37.9 Å². The van der Waals surface area contributed by atoms with E-state index < -0.39 is 0 Å². The molecule has 112 valence electrons. The van der Waals surface area contributed by atoms with Crippen molar-refractivity contribution < 1.29 is 0 Å². The SMILES string of the molecule is CCCC1CN(C2(C)CCCCC2)C(C(C)C)CN1. The van der Waals surface area contributed by atoms with Crippen LogP contribution in [0.2, 0.25) is 0 Å². The van der Waals surface area contributed by atoms with Crippen LogP contribution in [-0.2, 0) is 0 Å². The molecule has 1 heterocycles. The van der Waals surface area contributed by atoms with Crippen LogP contribution in [0, 0.1) is 5.92 Å². The summed E-state index contributed by atoms with van der Waals surface area (Å²) in [5.41, 5.74) is 0.473. The van der Waals surface area contributed by atoms with Gasteiger partial charge in [0, 0.05) is 30.7 Å². The molecule has 0 bridgehead atoms. The molecule has 0 aromatic rings. The zero-order valence-electron chi connectivity index (χ0n) is 13.5. The second-order valence-corrected chi connectivity index (χ2v) is 7.42. The molecule has 0 amide bonds. The second-order valence-electron chi connectivity index (χ2n) is 7.42. The average Bonchev–Trinajstić information content (AvgIpc) is 2.39. The van der Waals surface area contributed by atoms with Gasteiger partial charge in [-0.15, -0.1) is 0 Å². The molecule has 2 heteroatoms. The van der Waals surface area contributed by atoms with Crippen LogP contribution in [0.15, 0.2) is 0 Å². The predicted molar refractivity (Wildman–Crippen MR) is 83.5 cm³/mol. The van der Waals surface area contributed by atoms with E-state index in [4.69, 9.17) is 0 Å². The zero-order chi connectivity index (χ0) is 13.9. The summed E-state index contributed by atoms with van der Waals surface area (Å²) in [4.78, 5) is 2.90. The summed E-state index contributed by atoms with van der Waals surface area (Å²) in [5, 5.41) is 3.80. The van der Waals surface area contributed by atoms with Crippen LogP contribution in [0.3, 0.4) is 0 Å². The number of hydrogen-bond donors (Lipinski definition) is 1. The van der Waals surface area contributed by atoms with Crippen LogP contribution in [0.1, 0.15) is 72.6 Å². The Kier molecular flexibility index (Phi) is 5.30. The molecule has 0 aromatic carbocycles. The van der Waals surface area contributed by atoms with Gasteiger partial charge in [-0.3, -0.25) is 4.90 Å². The minimum Gasteiger partial charge on any atom is -0.311 e. The van der Waals surface area contributed by atoms with Gasteiger partial charge in [0.15, 0.2) is 0 Å². The lowest BCUT2D eigenvalue weighted by Gasteiger charge is -2.53. The quantitative estimate of drug-likeness (QED) is 0.832. The Hall–Kier alpha value is -0.0800. The van der Waals surface area contributed by atoms with E-state index in [-0.39, 0.29) is 0 Å². The number of piperazine rings is 1. The van der Waals surface area contributed by atoms with Crippen LogP contribution < -0.4 is 5.32 Å². The Labute approximate surface area is 120 Å². The molecule has 2 aliphatic rings. The molecule has 0 radical (unpaired) electrons. The maximum Gasteiger partial charge on any atom is 0.0249 e. The molecule has 1 aliphatic carbocycles. The normalized spacial score (nSPS) is 32.7. The number of rotatable bonds is 4. The molecule has 2 nitrogen and oxygen atoms in total. The molecular formula is C17H34N2. The largest absolute Gasteiger partial charge is 0.311 e. The Bertz CT molecular complexity index is 268.